The summed E-state index contributed by atoms with van der Waals surface area (Å²) in [6, 6.07) is 0. The van der Waals surface area contributed by atoms with Gasteiger partial charge in [0.2, 0.25) is 0 Å². The topological polar surface area (TPSA) is 0 Å². The summed E-state index contributed by atoms with van der Waals surface area (Å²) in [5.74, 6) is 2.45. The maximum Gasteiger partial charge on any atom is 0.0420 e. The minimum absolute atomic E-state index is 0.197. The van der Waals surface area contributed by atoms with E-state index in [0.29, 0.717) is 17.7 Å². The summed E-state index contributed by atoms with van der Waals surface area (Å²) >= 11 is 18.8. The Labute approximate surface area is 108 Å². The Morgan fingerprint density at radius 2 is 1.60 bits per heavy atom. The predicted molar refractivity (Wildman–Crippen MR) is 68.2 cm³/mol. The zero-order chi connectivity index (χ0) is 10.8. The molecule has 2 saturated carbocycles. The van der Waals surface area contributed by atoms with Crippen LogP contribution in [-0.2, 0) is 0 Å². The summed E-state index contributed by atoms with van der Waals surface area (Å²) in [6.45, 7) is 0. The molecule has 2 rings (SSSR count). The van der Waals surface area contributed by atoms with E-state index in [1.165, 1.54) is 32.1 Å². The lowest BCUT2D eigenvalue weighted by atomic mass is 9.74. The molecule has 15 heavy (non-hydrogen) atoms. The lowest BCUT2D eigenvalue weighted by Gasteiger charge is -2.39. The summed E-state index contributed by atoms with van der Waals surface area (Å²) in [4.78, 5) is 0. The second kappa shape index (κ2) is 5.47. The highest BCUT2D eigenvalue weighted by atomic mass is 35.5. The highest BCUT2D eigenvalue weighted by molar-refractivity contribution is 6.26. The first-order valence-corrected chi connectivity index (χ1v) is 7.49. The van der Waals surface area contributed by atoms with Crippen LogP contribution in [0.25, 0.3) is 0 Å². The molecule has 2 fully saturated rings. The Bertz CT molecular complexity index is 201. The van der Waals surface area contributed by atoms with Gasteiger partial charge in [0.25, 0.3) is 0 Å². The Morgan fingerprint density at radius 1 is 0.933 bits per heavy atom. The van der Waals surface area contributed by atoms with Crippen molar-refractivity contribution in [2.75, 3.05) is 5.88 Å². The summed E-state index contributed by atoms with van der Waals surface area (Å²) in [6.07, 6.45) is 7.83. The highest BCUT2D eigenvalue weighted by Gasteiger charge is 2.40. The van der Waals surface area contributed by atoms with E-state index in [0.717, 1.165) is 12.3 Å². The molecule has 2 aliphatic rings. The molecule has 0 aliphatic heterocycles. The molecule has 0 nitrogen and oxygen atoms in total. The second-order valence-corrected chi connectivity index (χ2v) is 6.44. The molecule has 88 valence electrons. The molecule has 4 unspecified atom stereocenters. The first-order valence-electron chi connectivity index (χ1n) is 6.08. The normalized spacial score (nSPS) is 43.4. The van der Waals surface area contributed by atoms with Crippen molar-refractivity contribution in [2.45, 2.75) is 49.3 Å². The van der Waals surface area contributed by atoms with Crippen LogP contribution in [0.1, 0.15) is 38.5 Å². The molecule has 0 aromatic carbocycles. The van der Waals surface area contributed by atoms with Gasteiger partial charge in [0.15, 0.2) is 0 Å². The van der Waals surface area contributed by atoms with E-state index < -0.39 is 0 Å². The van der Waals surface area contributed by atoms with Crippen LogP contribution in [0.2, 0.25) is 0 Å². The summed E-state index contributed by atoms with van der Waals surface area (Å²) in [7, 11) is 0. The fraction of sp³-hybridized carbons (Fsp3) is 1.00. The van der Waals surface area contributed by atoms with Gasteiger partial charge in [0.05, 0.1) is 0 Å². The largest absolute Gasteiger partial charge is 0.126 e. The fourth-order valence-electron chi connectivity index (χ4n) is 3.30. The lowest BCUT2D eigenvalue weighted by molar-refractivity contribution is 0.218. The Balaban J connectivity index is 2.00. The highest BCUT2D eigenvalue weighted by Crippen LogP contribution is 2.45. The van der Waals surface area contributed by atoms with Gasteiger partial charge >= 0.3 is 0 Å². The molecule has 4 atom stereocenters. The van der Waals surface area contributed by atoms with Crippen molar-refractivity contribution >= 4 is 34.8 Å². The quantitative estimate of drug-likeness (QED) is 0.640. The van der Waals surface area contributed by atoms with Crippen LogP contribution in [-0.4, -0.2) is 16.6 Å². The smallest absolute Gasteiger partial charge is 0.0420 e. The molecule has 3 heteroatoms. The number of hydrogen-bond acceptors (Lipinski definition) is 0. The monoisotopic (exact) mass is 268 g/mol. The minimum atomic E-state index is 0.197. The van der Waals surface area contributed by atoms with Crippen LogP contribution in [0.5, 0.6) is 0 Å². The van der Waals surface area contributed by atoms with Gasteiger partial charge in [0.1, 0.15) is 0 Å². The lowest BCUT2D eigenvalue weighted by Crippen LogP contribution is -2.40. The van der Waals surface area contributed by atoms with Crippen LogP contribution in [0.15, 0.2) is 0 Å². The number of halogens is 3. The van der Waals surface area contributed by atoms with Crippen LogP contribution in [0, 0.1) is 17.8 Å². The van der Waals surface area contributed by atoms with Gasteiger partial charge in [-0.3, -0.25) is 0 Å². The standard InChI is InChI=1S/C12H19Cl3/c13-7-10-11(14)6-5-9(12(10)15)8-3-1-2-4-8/h8-12H,1-7H2. The first kappa shape index (κ1) is 12.3. The van der Waals surface area contributed by atoms with Crippen LogP contribution in [0.3, 0.4) is 0 Å². The van der Waals surface area contributed by atoms with Crippen molar-refractivity contribution in [3.63, 3.8) is 0 Å². The molecule has 0 aromatic heterocycles. The average molecular weight is 270 g/mol. The molecule has 0 heterocycles. The van der Waals surface area contributed by atoms with E-state index in [1.807, 2.05) is 0 Å². The molecule has 0 amide bonds. The van der Waals surface area contributed by atoms with Gasteiger partial charge in [0, 0.05) is 22.6 Å². The van der Waals surface area contributed by atoms with Crippen LogP contribution in [0.4, 0.5) is 0 Å². The molecule has 0 N–H and O–H groups in total. The fourth-order valence-corrected chi connectivity index (χ4v) is 4.94. The Kier molecular flexibility index (Phi) is 4.50. The van der Waals surface area contributed by atoms with Gasteiger partial charge in [-0.05, 0) is 24.7 Å². The third-order valence-corrected chi connectivity index (χ3v) is 5.79. The number of rotatable bonds is 2. The maximum absolute atomic E-state index is 6.55. The average Bonchev–Trinajstić information content (AvgIpc) is 2.71. The van der Waals surface area contributed by atoms with Crippen LogP contribution < -0.4 is 0 Å². The van der Waals surface area contributed by atoms with Crippen LogP contribution >= 0.6 is 34.8 Å². The summed E-state index contributed by atoms with van der Waals surface area (Å²) in [5.41, 5.74) is 0. The Hall–Kier alpha value is 0.870. The van der Waals surface area contributed by atoms with Crippen molar-refractivity contribution in [2.24, 2.45) is 17.8 Å². The third-order valence-electron chi connectivity index (χ3n) is 4.24. The van der Waals surface area contributed by atoms with Gasteiger partial charge < -0.3 is 0 Å². The van der Waals surface area contributed by atoms with Crippen molar-refractivity contribution < 1.29 is 0 Å². The summed E-state index contributed by atoms with van der Waals surface area (Å²) < 4.78 is 0. The minimum Gasteiger partial charge on any atom is -0.126 e. The van der Waals surface area contributed by atoms with Gasteiger partial charge in [-0.15, -0.1) is 34.8 Å². The maximum atomic E-state index is 6.55. The first-order chi connectivity index (χ1) is 7.24. The SMILES string of the molecule is ClCC1C(Cl)CCC(C2CCCC2)C1Cl. The van der Waals surface area contributed by atoms with Gasteiger partial charge in [-0.2, -0.15) is 0 Å². The van der Waals surface area contributed by atoms with E-state index in [1.54, 1.807) is 0 Å². The van der Waals surface area contributed by atoms with E-state index in [2.05, 4.69) is 0 Å². The van der Waals surface area contributed by atoms with Crippen molar-refractivity contribution in [1.29, 1.82) is 0 Å². The molecular formula is C12H19Cl3. The molecule has 0 spiro atoms. The predicted octanol–water partition coefficient (Wildman–Crippen LogP) is 4.66. The van der Waals surface area contributed by atoms with Gasteiger partial charge in [-0.25, -0.2) is 0 Å². The number of alkyl halides is 3. The zero-order valence-corrected chi connectivity index (χ0v) is 11.2. The van der Waals surface area contributed by atoms with E-state index in [4.69, 9.17) is 34.8 Å². The van der Waals surface area contributed by atoms with Crippen molar-refractivity contribution in [1.82, 2.24) is 0 Å². The summed E-state index contributed by atoms with van der Waals surface area (Å²) in [5, 5.41) is 0.407. The molecule has 0 bridgehead atoms. The van der Waals surface area contributed by atoms with E-state index in [9.17, 15) is 0 Å². The molecule has 2 aliphatic carbocycles. The van der Waals surface area contributed by atoms with Crippen molar-refractivity contribution in [3.8, 4) is 0 Å². The second-order valence-electron chi connectivity index (χ2n) is 5.06. The Morgan fingerprint density at radius 3 is 2.20 bits per heavy atom. The molecule has 0 radical (unpaired) electrons. The van der Waals surface area contributed by atoms with Crippen molar-refractivity contribution in [3.05, 3.63) is 0 Å². The number of hydrogen-bond donors (Lipinski definition) is 0. The molecule has 0 saturated heterocycles. The molecular weight excluding hydrogens is 250 g/mol. The third kappa shape index (κ3) is 2.58. The van der Waals surface area contributed by atoms with E-state index in [-0.39, 0.29) is 10.8 Å². The zero-order valence-electron chi connectivity index (χ0n) is 8.97. The van der Waals surface area contributed by atoms with Gasteiger partial charge in [-0.1, -0.05) is 25.7 Å². The van der Waals surface area contributed by atoms with E-state index >= 15 is 0 Å². The molecule has 0 aromatic rings.